The fourth-order valence-electron chi connectivity index (χ4n) is 3.77. The second-order valence-corrected chi connectivity index (χ2v) is 13.3. The SMILES string of the molecule is CC(C)(C)OC(=O)Nc1nc(/C(=N/O)C(=O)N[C@@H]2C(=O)N3C(C(=O)O)=C(/C=C/Sc4cc(N)[nH]c(=O)n4)CS[C@H]23)c(Cl)s1. The van der Waals surface area contributed by atoms with Crippen molar-refractivity contribution in [3.63, 3.8) is 0 Å². The zero-order valence-corrected chi connectivity index (χ0v) is 25.6. The predicted octanol–water partition coefficient (Wildman–Crippen LogP) is 2.03. The first-order chi connectivity index (χ1) is 20.2. The summed E-state index contributed by atoms with van der Waals surface area (Å²) in [6.07, 6.45) is 0.664. The summed E-state index contributed by atoms with van der Waals surface area (Å²) in [5.41, 5.74) is 3.33. The molecule has 0 radical (unpaired) electrons. The Morgan fingerprint density at radius 2 is 2.05 bits per heavy atom. The van der Waals surface area contributed by atoms with E-state index >= 15 is 0 Å². The lowest BCUT2D eigenvalue weighted by molar-refractivity contribution is -0.150. The Kier molecular flexibility index (Phi) is 9.38. The van der Waals surface area contributed by atoms with Gasteiger partial charge in [0.1, 0.15) is 43.6 Å². The number of carbonyl (C=O) groups excluding carboxylic acids is 3. The first kappa shape index (κ1) is 31.9. The van der Waals surface area contributed by atoms with Crippen LogP contribution in [0.15, 0.2) is 43.8 Å². The molecule has 0 aliphatic carbocycles. The third kappa shape index (κ3) is 7.29. The van der Waals surface area contributed by atoms with Crippen molar-refractivity contribution >= 4 is 87.0 Å². The van der Waals surface area contributed by atoms with Crippen molar-refractivity contribution in [3.8, 4) is 0 Å². The van der Waals surface area contributed by atoms with Crippen LogP contribution in [0.4, 0.5) is 15.7 Å². The van der Waals surface area contributed by atoms with Gasteiger partial charge in [-0.1, -0.05) is 39.9 Å². The standard InChI is InChI=1S/C23H23ClN8O8S3/c1-23(2,3)40-22(38)30-21-29-11(15(24)43-21)12(31-39)16(33)28-13-17(34)32-14(19(35)36)8(7-42-18(13)32)4-5-41-10-6-9(25)26-20(37)27-10/h4-6,13,18,39H,7H2,1-3H3,(H,28,33)(H,35,36)(H,29,30,38)(H3,25,26,27,37)/b5-4+,31-12-/t13-,18-/m1/s1. The van der Waals surface area contributed by atoms with E-state index in [0.29, 0.717) is 5.57 Å². The van der Waals surface area contributed by atoms with Crippen LogP contribution >= 0.6 is 46.5 Å². The number of carbonyl (C=O) groups is 4. The Morgan fingerprint density at radius 1 is 1.33 bits per heavy atom. The van der Waals surface area contributed by atoms with Gasteiger partial charge in [-0.15, -0.1) is 11.8 Å². The minimum atomic E-state index is -1.36. The van der Waals surface area contributed by atoms with Crippen molar-refractivity contribution < 1.29 is 34.2 Å². The minimum Gasteiger partial charge on any atom is -0.477 e. The smallest absolute Gasteiger partial charge is 0.413 e. The lowest BCUT2D eigenvalue weighted by Crippen LogP contribution is -2.71. The Balaban J connectivity index is 1.45. The summed E-state index contributed by atoms with van der Waals surface area (Å²) in [7, 11) is 0. The lowest BCUT2D eigenvalue weighted by Gasteiger charge is -2.49. The summed E-state index contributed by atoms with van der Waals surface area (Å²) in [6.45, 7) is 4.99. The highest BCUT2D eigenvalue weighted by atomic mass is 35.5. The normalized spacial score (nSPS) is 18.7. The number of halogens is 1. The van der Waals surface area contributed by atoms with Crippen LogP contribution in [0.1, 0.15) is 26.5 Å². The van der Waals surface area contributed by atoms with E-state index < -0.39 is 52.3 Å². The monoisotopic (exact) mass is 670 g/mol. The molecule has 0 aromatic carbocycles. The quantitative estimate of drug-likeness (QED) is 0.0589. The van der Waals surface area contributed by atoms with Crippen LogP contribution in [0, 0.1) is 0 Å². The van der Waals surface area contributed by atoms with Crippen LogP contribution in [0.3, 0.4) is 0 Å². The fourth-order valence-corrected chi connectivity index (χ4v) is 6.82. The number of ether oxygens (including phenoxy) is 1. The van der Waals surface area contributed by atoms with Crippen LogP contribution in [0.2, 0.25) is 4.34 Å². The molecule has 0 spiro atoms. The predicted molar refractivity (Wildman–Crippen MR) is 159 cm³/mol. The first-order valence-corrected chi connectivity index (χ1v) is 15.1. The molecular formula is C23H23ClN8O8S3. The van der Waals surface area contributed by atoms with E-state index in [1.807, 2.05) is 0 Å². The van der Waals surface area contributed by atoms with E-state index in [9.17, 15) is 34.3 Å². The minimum absolute atomic E-state index is 0.0368. The van der Waals surface area contributed by atoms with E-state index in [-0.39, 0.29) is 37.5 Å². The summed E-state index contributed by atoms with van der Waals surface area (Å²) >= 11 is 9.18. The molecule has 228 valence electrons. The van der Waals surface area contributed by atoms with Gasteiger partial charge in [0.2, 0.25) is 0 Å². The molecule has 0 bridgehead atoms. The van der Waals surface area contributed by atoms with Gasteiger partial charge in [-0.2, -0.15) is 4.98 Å². The number of aromatic nitrogens is 3. The van der Waals surface area contributed by atoms with Crippen LogP contribution in [-0.4, -0.2) is 82.5 Å². The highest BCUT2D eigenvalue weighted by Gasteiger charge is 2.54. The number of nitrogens with two attached hydrogens (primary N) is 1. The van der Waals surface area contributed by atoms with E-state index in [1.54, 1.807) is 20.8 Å². The summed E-state index contributed by atoms with van der Waals surface area (Å²) in [6, 6.07) is 0.283. The number of aliphatic carboxylic acids is 1. The van der Waals surface area contributed by atoms with Crippen molar-refractivity contribution in [1.82, 2.24) is 25.2 Å². The highest BCUT2D eigenvalue weighted by molar-refractivity contribution is 8.02. The fraction of sp³-hybridized carbons (Fsp3) is 0.304. The Labute approximate surface area is 259 Å². The molecule has 2 aromatic heterocycles. The molecule has 2 aliphatic heterocycles. The molecule has 16 nitrogen and oxygen atoms in total. The van der Waals surface area contributed by atoms with Gasteiger partial charge in [0.05, 0.1) is 0 Å². The molecule has 4 rings (SSSR count). The number of anilines is 2. The number of hydrogen-bond acceptors (Lipinski definition) is 14. The van der Waals surface area contributed by atoms with E-state index in [1.165, 1.54) is 29.3 Å². The third-order valence-electron chi connectivity index (χ3n) is 5.42. The van der Waals surface area contributed by atoms with Crippen molar-refractivity contribution in [3.05, 3.63) is 49.3 Å². The van der Waals surface area contributed by atoms with Crippen molar-refractivity contribution in [1.29, 1.82) is 0 Å². The van der Waals surface area contributed by atoms with Gasteiger partial charge in [0.15, 0.2) is 10.8 Å². The maximum absolute atomic E-state index is 13.0. The lowest BCUT2D eigenvalue weighted by atomic mass is 10.0. The second-order valence-electron chi connectivity index (χ2n) is 9.66. The van der Waals surface area contributed by atoms with Gasteiger partial charge < -0.3 is 26.1 Å². The Hall–Kier alpha value is -4.07. The van der Waals surface area contributed by atoms with E-state index in [4.69, 9.17) is 22.1 Å². The largest absolute Gasteiger partial charge is 0.477 e. The number of nitrogen functional groups attached to an aromatic ring is 1. The number of nitrogens with zero attached hydrogens (tertiary/aromatic N) is 4. The van der Waals surface area contributed by atoms with Crippen molar-refractivity contribution in [2.24, 2.45) is 5.16 Å². The molecule has 43 heavy (non-hydrogen) atoms. The highest BCUT2D eigenvalue weighted by Crippen LogP contribution is 2.41. The number of allylic oxidation sites excluding steroid dienone is 1. The van der Waals surface area contributed by atoms with Gasteiger partial charge in [-0.25, -0.2) is 19.4 Å². The number of aromatic amines is 1. The van der Waals surface area contributed by atoms with Gasteiger partial charge in [0, 0.05) is 11.8 Å². The molecule has 2 aromatic rings. The van der Waals surface area contributed by atoms with Crippen LogP contribution < -0.4 is 22.1 Å². The Bertz CT molecular complexity index is 1650. The molecular weight excluding hydrogens is 648 g/mol. The number of carboxylic acid groups (broad SMARTS) is 1. The number of nitrogens with one attached hydrogen (secondary N) is 3. The maximum Gasteiger partial charge on any atom is 0.413 e. The molecule has 1 fully saturated rings. The average Bonchev–Trinajstić information content (AvgIpc) is 3.24. The summed E-state index contributed by atoms with van der Waals surface area (Å²) in [5, 5.41) is 28.2. The molecule has 1 saturated heterocycles. The van der Waals surface area contributed by atoms with Crippen LogP contribution in [0.25, 0.3) is 0 Å². The Morgan fingerprint density at radius 3 is 2.67 bits per heavy atom. The number of thioether (sulfide) groups is 2. The van der Waals surface area contributed by atoms with Gasteiger partial charge >= 0.3 is 17.8 Å². The third-order valence-corrected chi connectivity index (χ3v) is 8.61. The summed E-state index contributed by atoms with van der Waals surface area (Å²) in [4.78, 5) is 72.8. The zero-order chi connectivity index (χ0) is 31.6. The van der Waals surface area contributed by atoms with Crippen LogP contribution in [-0.2, 0) is 19.1 Å². The zero-order valence-electron chi connectivity index (χ0n) is 22.4. The topological polar surface area (TPSA) is 242 Å². The number of hydrogen-bond donors (Lipinski definition) is 6. The van der Waals surface area contributed by atoms with Gasteiger partial charge in [-0.3, -0.25) is 24.8 Å². The van der Waals surface area contributed by atoms with Crippen LogP contribution in [0.5, 0.6) is 0 Å². The number of thiazole rings is 1. The van der Waals surface area contributed by atoms with Gasteiger partial charge in [0.25, 0.3) is 11.8 Å². The molecule has 20 heteroatoms. The maximum atomic E-state index is 13.0. The van der Waals surface area contributed by atoms with Crippen molar-refractivity contribution in [2.75, 3.05) is 16.8 Å². The number of rotatable bonds is 8. The number of oxime groups is 1. The summed E-state index contributed by atoms with van der Waals surface area (Å²) < 4.78 is 5.05. The molecule has 2 aliphatic rings. The molecule has 0 unspecified atom stereocenters. The molecule has 3 amide bonds. The first-order valence-electron chi connectivity index (χ1n) is 12.0. The molecule has 0 saturated carbocycles. The molecule has 4 heterocycles. The molecule has 2 atom stereocenters. The number of carboxylic acids is 1. The second kappa shape index (κ2) is 12.7. The number of H-pyrrole nitrogens is 1. The number of fused-ring (bicyclic) bond motifs is 1. The van der Waals surface area contributed by atoms with Crippen molar-refractivity contribution in [2.45, 2.75) is 42.8 Å². The molecule has 7 N–H and O–H groups in total. The number of amides is 3. The van der Waals surface area contributed by atoms with E-state index in [2.05, 4.69) is 30.7 Å². The average molecular weight is 671 g/mol. The van der Waals surface area contributed by atoms with E-state index in [0.717, 1.165) is 28.0 Å². The number of β-lactam (4-membered cyclic amide) rings is 1. The summed E-state index contributed by atoms with van der Waals surface area (Å²) in [5.74, 6) is -2.79. The van der Waals surface area contributed by atoms with Gasteiger partial charge in [-0.05, 0) is 37.8 Å².